The summed E-state index contributed by atoms with van der Waals surface area (Å²) in [6.07, 6.45) is 1.22. The van der Waals surface area contributed by atoms with Crippen molar-refractivity contribution in [2.45, 2.75) is 41.5 Å². The number of hydrogen-bond donors (Lipinski definition) is 0. The largest absolute Gasteiger partial charge is 1.00 e. The molecule has 2 nitrogen and oxygen atoms in total. The number of carbonyl (C=O) groups is 1. The van der Waals surface area contributed by atoms with E-state index in [2.05, 4.69) is 0 Å². The van der Waals surface area contributed by atoms with Gasteiger partial charge in [0.2, 0.25) is 0 Å². The first kappa shape index (κ1) is 17.2. The van der Waals surface area contributed by atoms with Gasteiger partial charge < -0.3 is 5.11 Å². The average Bonchev–Trinajstić information content (AvgIpc) is 1.82. The Morgan fingerprint density at radius 3 is 1.57 bits per heavy atom. The van der Waals surface area contributed by atoms with Crippen molar-refractivity contribution < 1.29 is 61.3 Å². The summed E-state index contributed by atoms with van der Waals surface area (Å²) < 4.78 is 0. The molecule has 0 atom stereocenters. The Labute approximate surface area is 130 Å². The third kappa shape index (κ3) is 6.35. The van der Waals surface area contributed by atoms with E-state index in [9.17, 15) is 9.90 Å². The molecule has 0 aromatic heterocycles. The molecule has 0 aromatic rings. The van der Waals surface area contributed by atoms with E-state index in [0.29, 0.717) is 0 Å². The van der Waals surface area contributed by atoms with Crippen LogP contribution in [-0.4, -0.2) is 5.78 Å². The molecule has 0 fully saturated rings. The maximum atomic E-state index is 11.4. The fourth-order valence-electron chi connectivity index (χ4n) is 0.552. The minimum atomic E-state index is -0.457. The number of rotatable bonds is 1. The van der Waals surface area contributed by atoms with Crippen molar-refractivity contribution >= 4 is 5.78 Å². The Morgan fingerprint density at radius 2 is 1.36 bits per heavy atom. The Balaban J connectivity index is 0. The van der Waals surface area contributed by atoms with Crippen LogP contribution in [-0.2, 0) is 4.79 Å². The molecule has 0 aliphatic carbocycles. The van der Waals surface area contributed by atoms with E-state index in [1.807, 2.05) is 41.5 Å². The molecule has 14 heavy (non-hydrogen) atoms. The molecular weight excluding hydrogens is 203 g/mol. The fourth-order valence-corrected chi connectivity index (χ4v) is 0.552. The van der Waals surface area contributed by atoms with Crippen LogP contribution in [0.2, 0.25) is 0 Å². The molecule has 0 aliphatic rings. The van der Waals surface area contributed by atoms with Crippen molar-refractivity contribution in [3.63, 3.8) is 0 Å². The molecule has 0 spiro atoms. The second-order valence-corrected chi connectivity index (χ2v) is 5.37. The molecule has 0 unspecified atom stereocenters. The molecule has 0 heterocycles. The summed E-state index contributed by atoms with van der Waals surface area (Å²) in [7, 11) is 0. The van der Waals surface area contributed by atoms with E-state index in [-0.39, 0.29) is 62.9 Å². The number of hydrogen-bond acceptors (Lipinski definition) is 2. The number of ketones is 1. The van der Waals surface area contributed by atoms with Gasteiger partial charge in [-0.2, -0.15) is 0 Å². The van der Waals surface area contributed by atoms with E-state index in [4.69, 9.17) is 0 Å². The van der Waals surface area contributed by atoms with Gasteiger partial charge in [-0.3, -0.25) is 4.79 Å². The van der Waals surface area contributed by atoms with Crippen LogP contribution in [0.1, 0.15) is 41.5 Å². The summed E-state index contributed by atoms with van der Waals surface area (Å²) >= 11 is 0. The first-order valence-corrected chi connectivity index (χ1v) is 4.49. The Morgan fingerprint density at radius 1 is 1.00 bits per heavy atom. The van der Waals surface area contributed by atoms with Crippen LogP contribution in [0.15, 0.2) is 11.8 Å². The van der Waals surface area contributed by atoms with Gasteiger partial charge in [0.1, 0.15) is 0 Å². The van der Waals surface area contributed by atoms with Crippen LogP contribution >= 0.6 is 0 Å². The van der Waals surface area contributed by atoms with E-state index in [0.717, 1.165) is 0 Å². The summed E-state index contributed by atoms with van der Waals surface area (Å²) in [6.45, 7) is 10.8. The molecule has 0 aromatic carbocycles. The number of carbonyl (C=O) groups excluding carboxylic acids is 1. The van der Waals surface area contributed by atoms with Crippen molar-refractivity contribution in [1.29, 1.82) is 0 Å². The molecular formula is C11H19KO2. The second-order valence-electron chi connectivity index (χ2n) is 5.37. The predicted molar refractivity (Wildman–Crippen MR) is 52.0 cm³/mol. The van der Waals surface area contributed by atoms with E-state index in [1.165, 1.54) is 6.08 Å². The molecule has 76 valence electrons. The standard InChI is InChI=1S/C11H20O2.K/c1-10(2,3)8(12)7-9(13)11(4,5)6;/h7,12H,1-6H3;/q;+1/p-1/b8-7-;. The van der Waals surface area contributed by atoms with Crippen molar-refractivity contribution in [1.82, 2.24) is 0 Å². The Bertz CT molecular complexity index is 229. The zero-order valence-electron chi connectivity index (χ0n) is 10.4. The maximum Gasteiger partial charge on any atom is 1.00 e. The summed E-state index contributed by atoms with van der Waals surface area (Å²) in [5.74, 6) is -0.208. The van der Waals surface area contributed by atoms with Gasteiger partial charge in [0.25, 0.3) is 0 Å². The summed E-state index contributed by atoms with van der Waals surface area (Å²) in [4.78, 5) is 11.4. The minimum Gasteiger partial charge on any atom is -0.875 e. The smallest absolute Gasteiger partial charge is 0.875 e. The van der Waals surface area contributed by atoms with Gasteiger partial charge in [-0.25, -0.2) is 0 Å². The summed E-state index contributed by atoms with van der Waals surface area (Å²) in [5.41, 5.74) is -0.915. The van der Waals surface area contributed by atoms with Crippen LogP contribution in [0.3, 0.4) is 0 Å². The van der Waals surface area contributed by atoms with Crippen LogP contribution < -0.4 is 56.5 Å². The molecule has 0 N–H and O–H groups in total. The molecule has 0 bridgehead atoms. The molecule has 0 rings (SSSR count). The maximum absolute atomic E-state index is 11.4. The Hall–Kier alpha value is 0.846. The van der Waals surface area contributed by atoms with Crippen molar-refractivity contribution in [3.05, 3.63) is 11.8 Å². The molecule has 0 amide bonds. The number of allylic oxidation sites excluding steroid dienone is 2. The van der Waals surface area contributed by atoms with Gasteiger partial charge >= 0.3 is 51.4 Å². The van der Waals surface area contributed by atoms with Crippen molar-refractivity contribution in [2.75, 3.05) is 0 Å². The topological polar surface area (TPSA) is 40.1 Å². The van der Waals surface area contributed by atoms with E-state index < -0.39 is 10.8 Å². The SMILES string of the molecule is CC(C)(C)C(=O)/C=C(\[O-])C(C)(C)C.[K+]. The molecule has 0 radical (unpaired) electrons. The quantitative estimate of drug-likeness (QED) is 0.321. The van der Waals surface area contributed by atoms with Crippen LogP contribution in [0, 0.1) is 10.8 Å². The monoisotopic (exact) mass is 222 g/mol. The second kappa shape index (κ2) is 5.80. The minimum absolute atomic E-state index is 0. The van der Waals surface area contributed by atoms with E-state index in [1.54, 1.807) is 0 Å². The predicted octanol–water partition coefficient (Wildman–Crippen LogP) is -1.10. The van der Waals surface area contributed by atoms with Gasteiger partial charge in [-0.05, 0) is 11.5 Å². The van der Waals surface area contributed by atoms with Crippen LogP contribution in [0.5, 0.6) is 0 Å². The summed E-state index contributed by atoms with van der Waals surface area (Å²) in [5, 5.41) is 11.4. The summed E-state index contributed by atoms with van der Waals surface area (Å²) in [6, 6.07) is 0. The van der Waals surface area contributed by atoms with Gasteiger partial charge in [-0.15, -0.1) is 5.76 Å². The van der Waals surface area contributed by atoms with Gasteiger partial charge in [0.15, 0.2) is 5.78 Å². The first-order chi connectivity index (χ1) is 5.55. The zero-order valence-corrected chi connectivity index (χ0v) is 13.5. The third-order valence-electron chi connectivity index (χ3n) is 1.74. The molecule has 3 heteroatoms. The van der Waals surface area contributed by atoms with E-state index >= 15 is 0 Å². The normalized spacial score (nSPS) is 13.4. The average molecular weight is 222 g/mol. The van der Waals surface area contributed by atoms with Gasteiger partial charge in [-0.1, -0.05) is 41.5 Å². The molecule has 0 saturated heterocycles. The zero-order chi connectivity index (χ0) is 10.9. The van der Waals surface area contributed by atoms with Crippen molar-refractivity contribution in [2.24, 2.45) is 10.8 Å². The third-order valence-corrected chi connectivity index (χ3v) is 1.74. The Kier molecular flexibility index (Phi) is 7.15. The van der Waals surface area contributed by atoms with Gasteiger partial charge in [0.05, 0.1) is 0 Å². The van der Waals surface area contributed by atoms with Crippen LogP contribution in [0.4, 0.5) is 0 Å². The molecule has 0 aliphatic heterocycles. The van der Waals surface area contributed by atoms with Crippen LogP contribution in [0.25, 0.3) is 0 Å². The first-order valence-electron chi connectivity index (χ1n) is 4.49. The molecule has 0 saturated carbocycles. The van der Waals surface area contributed by atoms with Gasteiger partial charge in [0, 0.05) is 5.41 Å². The fraction of sp³-hybridized carbons (Fsp3) is 0.727. The van der Waals surface area contributed by atoms with Crippen molar-refractivity contribution in [3.8, 4) is 0 Å².